The summed E-state index contributed by atoms with van der Waals surface area (Å²) in [6, 6.07) is 11.2. The number of hydrogen-bond acceptors (Lipinski definition) is 3. The average molecular weight is 315 g/mol. The van der Waals surface area contributed by atoms with Gasteiger partial charge in [0, 0.05) is 17.6 Å². The SMILES string of the molecule is CN1C(=O)c2cccc(NC(=O)c3ccc(Cl)cc3)c2C1=O. The predicted octanol–water partition coefficient (Wildman–Crippen LogP) is 2.82. The minimum absolute atomic E-state index is 0.220. The van der Waals surface area contributed by atoms with E-state index in [9.17, 15) is 14.4 Å². The highest BCUT2D eigenvalue weighted by Crippen LogP contribution is 2.28. The van der Waals surface area contributed by atoms with E-state index in [0.29, 0.717) is 21.8 Å². The van der Waals surface area contributed by atoms with Crippen molar-refractivity contribution in [2.24, 2.45) is 0 Å². The molecule has 0 aromatic heterocycles. The van der Waals surface area contributed by atoms with Crippen LogP contribution >= 0.6 is 11.6 Å². The fraction of sp³-hybridized carbons (Fsp3) is 0.0625. The molecule has 2 aromatic carbocycles. The lowest BCUT2D eigenvalue weighted by Gasteiger charge is -2.09. The summed E-state index contributed by atoms with van der Waals surface area (Å²) < 4.78 is 0. The third-order valence-corrected chi connectivity index (χ3v) is 3.72. The van der Waals surface area contributed by atoms with Crippen LogP contribution in [0, 0.1) is 0 Å². The Morgan fingerprint density at radius 2 is 1.73 bits per heavy atom. The first-order chi connectivity index (χ1) is 10.5. The molecule has 0 bridgehead atoms. The Morgan fingerprint density at radius 1 is 1.05 bits per heavy atom. The Labute approximate surface area is 131 Å². The Kier molecular flexibility index (Phi) is 3.42. The van der Waals surface area contributed by atoms with E-state index < -0.39 is 5.91 Å². The van der Waals surface area contributed by atoms with Crippen molar-refractivity contribution in [3.8, 4) is 0 Å². The first-order valence-electron chi connectivity index (χ1n) is 6.51. The Bertz CT molecular complexity index is 800. The number of hydrogen-bond donors (Lipinski definition) is 1. The molecular formula is C16H11ClN2O3. The van der Waals surface area contributed by atoms with Gasteiger partial charge in [0.1, 0.15) is 0 Å². The van der Waals surface area contributed by atoms with Crippen molar-refractivity contribution in [3.05, 3.63) is 64.2 Å². The first kappa shape index (κ1) is 14.3. The van der Waals surface area contributed by atoms with Crippen LogP contribution in [0.4, 0.5) is 5.69 Å². The highest BCUT2D eigenvalue weighted by atomic mass is 35.5. The molecule has 22 heavy (non-hydrogen) atoms. The van der Waals surface area contributed by atoms with Gasteiger partial charge in [-0.2, -0.15) is 0 Å². The van der Waals surface area contributed by atoms with E-state index >= 15 is 0 Å². The number of halogens is 1. The summed E-state index contributed by atoms with van der Waals surface area (Å²) in [4.78, 5) is 37.3. The van der Waals surface area contributed by atoms with Gasteiger partial charge in [-0.3, -0.25) is 19.3 Å². The normalized spacial score (nSPS) is 13.3. The number of carbonyl (C=O) groups excluding carboxylic acids is 3. The van der Waals surface area contributed by atoms with E-state index in [1.54, 1.807) is 42.5 Å². The van der Waals surface area contributed by atoms with Gasteiger partial charge in [-0.25, -0.2) is 0 Å². The molecule has 1 aliphatic rings. The van der Waals surface area contributed by atoms with Gasteiger partial charge in [-0.05, 0) is 36.4 Å². The minimum atomic E-state index is -0.424. The molecule has 0 radical (unpaired) electrons. The minimum Gasteiger partial charge on any atom is -0.321 e. The lowest BCUT2D eigenvalue weighted by molar-refractivity contribution is 0.0693. The molecule has 3 amide bonds. The number of nitrogens with one attached hydrogen (secondary N) is 1. The zero-order valence-electron chi connectivity index (χ0n) is 11.6. The highest BCUT2D eigenvalue weighted by molar-refractivity contribution is 6.30. The number of anilines is 1. The number of nitrogens with zero attached hydrogens (tertiary/aromatic N) is 1. The van der Waals surface area contributed by atoms with Crippen LogP contribution in [0.3, 0.4) is 0 Å². The van der Waals surface area contributed by atoms with Gasteiger partial charge in [0.25, 0.3) is 17.7 Å². The number of amides is 3. The number of fused-ring (bicyclic) bond motifs is 1. The van der Waals surface area contributed by atoms with E-state index in [-0.39, 0.29) is 17.4 Å². The average Bonchev–Trinajstić information content (AvgIpc) is 2.73. The zero-order valence-corrected chi connectivity index (χ0v) is 12.3. The Hall–Kier alpha value is -2.66. The van der Waals surface area contributed by atoms with Crippen molar-refractivity contribution in [3.63, 3.8) is 0 Å². The van der Waals surface area contributed by atoms with E-state index in [0.717, 1.165) is 4.90 Å². The maximum Gasteiger partial charge on any atom is 0.263 e. The Morgan fingerprint density at radius 3 is 2.41 bits per heavy atom. The molecule has 0 atom stereocenters. The van der Waals surface area contributed by atoms with Crippen molar-refractivity contribution in [1.29, 1.82) is 0 Å². The summed E-state index contributed by atoms with van der Waals surface area (Å²) in [5.41, 5.74) is 1.24. The zero-order chi connectivity index (χ0) is 15.9. The van der Waals surface area contributed by atoms with E-state index in [1.807, 2.05) is 0 Å². The second-order valence-corrected chi connectivity index (χ2v) is 5.29. The number of benzene rings is 2. The van der Waals surface area contributed by atoms with Crippen LogP contribution in [-0.2, 0) is 0 Å². The summed E-state index contributed by atoms with van der Waals surface area (Å²) in [5.74, 6) is -1.17. The highest BCUT2D eigenvalue weighted by Gasteiger charge is 2.35. The van der Waals surface area contributed by atoms with Gasteiger partial charge in [-0.15, -0.1) is 0 Å². The molecule has 5 nitrogen and oxygen atoms in total. The second kappa shape index (κ2) is 5.27. The lowest BCUT2D eigenvalue weighted by Crippen LogP contribution is -2.24. The molecule has 0 fully saturated rings. The van der Waals surface area contributed by atoms with Crippen LogP contribution in [-0.4, -0.2) is 29.7 Å². The molecule has 0 unspecified atom stereocenters. The molecular weight excluding hydrogens is 304 g/mol. The van der Waals surface area contributed by atoms with Crippen molar-refractivity contribution in [2.75, 3.05) is 12.4 Å². The summed E-state index contributed by atoms with van der Waals surface area (Å²) in [7, 11) is 1.41. The van der Waals surface area contributed by atoms with Crippen LogP contribution in [0.15, 0.2) is 42.5 Å². The number of carbonyl (C=O) groups is 3. The first-order valence-corrected chi connectivity index (χ1v) is 6.89. The molecule has 110 valence electrons. The van der Waals surface area contributed by atoms with Gasteiger partial charge >= 0.3 is 0 Å². The molecule has 3 rings (SSSR count). The monoisotopic (exact) mass is 314 g/mol. The third kappa shape index (κ3) is 2.25. The van der Waals surface area contributed by atoms with Crippen LogP contribution in [0.25, 0.3) is 0 Å². The fourth-order valence-corrected chi connectivity index (χ4v) is 2.43. The second-order valence-electron chi connectivity index (χ2n) is 4.86. The van der Waals surface area contributed by atoms with Crippen molar-refractivity contribution in [2.45, 2.75) is 0 Å². The maximum absolute atomic E-state index is 12.2. The summed E-state index contributed by atoms with van der Waals surface area (Å²) in [5, 5.41) is 3.20. The van der Waals surface area contributed by atoms with Crippen LogP contribution in [0.5, 0.6) is 0 Å². The smallest absolute Gasteiger partial charge is 0.263 e. The van der Waals surface area contributed by atoms with E-state index in [4.69, 9.17) is 11.6 Å². The topological polar surface area (TPSA) is 66.5 Å². The van der Waals surface area contributed by atoms with Gasteiger partial charge in [0.15, 0.2) is 0 Å². The standard InChI is InChI=1S/C16H11ClN2O3/c1-19-15(21)11-3-2-4-12(13(11)16(19)22)18-14(20)9-5-7-10(17)8-6-9/h2-8H,1H3,(H,18,20). The van der Waals surface area contributed by atoms with Crippen molar-refractivity contribution >= 4 is 35.0 Å². The van der Waals surface area contributed by atoms with Crippen LogP contribution in [0.1, 0.15) is 31.1 Å². The molecule has 0 aliphatic carbocycles. The van der Waals surface area contributed by atoms with E-state index in [2.05, 4.69) is 5.32 Å². The number of imide groups is 1. The quantitative estimate of drug-likeness (QED) is 0.867. The molecule has 6 heteroatoms. The third-order valence-electron chi connectivity index (χ3n) is 3.47. The molecule has 1 N–H and O–H groups in total. The van der Waals surface area contributed by atoms with Crippen molar-refractivity contribution < 1.29 is 14.4 Å². The predicted molar refractivity (Wildman–Crippen MR) is 82.3 cm³/mol. The van der Waals surface area contributed by atoms with Crippen LogP contribution in [0.2, 0.25) is 5.02 Å². The molecule has 0 saturated heterocycles. The summed E-state index contributed by atoms with van der Waals surface area (Å²) in [6.45, 7) is 0. The number of rotatable bonds is 2. The van der Waals surface area contributed by atoms with Gasteiger partial charge in [0.05, 0.1) is 16.8 Å². The fourth-order valence-electron chi connectivity index (χ4n) is 2.30. The molecule has 0 saturated carbocycles. The molecule has 2 aromatic rings. The van der Waals surface area contributed by atoms with Gasteiger partial charge < -0.3 is 5.32 Å². The Balaban J connectivity index is 1.95. The maximum atomic E-state index is 12.2. The lowest BCUT2D eigenvalue weighted by atomic mass is 10.1. The largest absolute Gasteiger partial charge is 0.321 e. The van der Waals surface area contributed by atoms with E-state index in [1.165, 1.54) is 7.05 Å². The van der Waals surface area contributed by atoms with Gasteiger partial charge in [-0.1, -0.05) is 17.7 Å². The molecule has 1 heterocycles. The van der Waals surface area contributed by atoms with Crippen LogP contribution < -0.4 is 5.32 Å². The molecule has 0 spiro atoms. The van der Waals surface area contributed by atoms with Crippen molar-refractivity contribution in [1.82, 2.24) is 4.90 Å². The van der Waals surface area contributed by atoms with Gasteiger partial charge in [0.2, 0.25) is 0 Å². The molecule has 1 aliphatic heterocycles. The summed E-state index contributed by atoms with van der Waals surface area (Å²) in [6.07, 6.45) is 0. The summed E-state index contributed by atoms with van der Waals surface area (Å²) >= 11 is 5.79.